The predicted octanol–water partition coefficient (Wildman–Crippen LogP) is 5.17. The Hall–Kier alpha value is -2.04. The topological polar surface area (TPSA) is 66.4 Å². The smallest absolute Gasteiger partial charge is 0.319 e. The summed E-state index contributed by atoms with van der Waals surface area (Å²) >= 11 is 12.7. The first kappa shape index (κ1) is 20.2. The van der Waals surface area contributed by atoms with Crippen LogP contribution in [0.5, 0.6) is 0 Å². The lowest BCUT2D eigenvalue weighted by molar-refractivity contribution is -0.159. The van der Waals surface area contributed by atoms with Gasteiger partial charge in [0.25, 0.3) is 0 Å². The molecule has 0 spiro atoms. The van der Waals surface area contributed by atoms with Gasteiger partial charge in [0.05, 0.1) is 0 Å². The highest BCUT2D eigenvalue weighted by molar-refractivity contribution is 6.31. The SMILES string of the molecule is Cc1ccc([C@@H]2CC[C@@]3(C(=O)O)C(=O)N[C@H](C)[C@H]3[C@H]2c2ccc(Cl)cc2)c(Cl)c1. The van der Waals surface area contributed by atoms with Gasteiger partial charge in [-0.25, -0.2) is 0 Å². The van der Waals surface area contributed by atoms with Gasteiger partial charge < -0.3 is 10.4 Å². The molecule has 2 N–H and O–H groups in total. The van der Waals surface area contributed by atoms with Crippen LogP contribution in [0.25, 0.3) is 0 Å². The molecule has 4 nitrogen and oxygen atoms in total. The van der Waals surface area contributed by atoms with E-state index in [1.807, 2.05) is 56.3 Å². The number of hydrogen-bond donors (Lipinski definition) is 2. The zero-order valence-corrected chi connectivity index (χ0v) is 17.8. The molecule has 5 atom stereocenters. The van der Waals surface area contributed by atoms with Crippen molar-refractivity contribution in [2.24, 2.45) is 11.3 Å². The summed E-state index contributed by atoms with van der Waals surface area (Å²) in [5.74, 6) is -1.97. The Balaban J connectivity index is 1.90. The van der Waals surface area contributed by atoms with Crippen LogP contribution in [0, 0.1) is 18.3 Å². The molecule has 0 unspecified atom stereocenters. The van der Waals surface area contributed by atoms with Crippen molar-refractivity contribution in [3.63, 3.8) is 0 Å². The van der Waals surface area contributed by atoms with E-state index < -0.39 is 11.4 Å². The summed E-state index contributed by atoms with van der Waals surface area (Å²) < 4.78 is 0. The number of benzene rings is 2. The van der Waals surface area contributed by atoms with Crippen LogP contribution in [-0.4, -0.2) is 23.0 Å². The number of aryl methyl sites for hydroxylation is 1. The van der Waals surface area contributed by atoms with Crippen molar-refractivity contribution >= 4 is 35.1 Å². The second kappa shape index (κ2) is 7.33. The largest absolute Gasteiger partial charge is 0.480 e. The van der Waals surface area contributed by atoms with Crippen LogP contribution in [0.1, 0.15) is 48.3 Å². The van der Waals surface area contributed by atoms with Crippen molar-refractivity contribution in [1.29, 1.82) is 0 Å². The highest BCUT2D eigenvalue weighted by Crippen LogP contribution is 2.59. The number of carbonyl (C=O) groups excluding carboxylic acids is 1. The van der Waals surface area contributed by atoms with Gasteiger partial charge in [-0.1, -0.05) is 47.5 Å². The molecule has 29 heavy (non-hydrogen) atoms. The summed E-state index contributed by atoms with van der Waals surface area (Å²) in [4.78, 5) is 25.2. The van der Waals surface area contributed by atoms with E-state index in [9.17, 15) is 14.7 Å². The van der Waals surface area contributed by atoms with Crippen LogP contribution in [0.3, 0.4) is 0 Å². The fourth-order valence-corrected chi connectivity index (χ4v) is 5.97. The van der Waals surface area contributed by atoms with Crippen LogP contribution >= 0.6 is 23.2 Å². The molecule has 1 aliphatic heterocycles. The van der Waals surface area contributed by atoms with Gasteiger partial charge in [-0.05, 0) is 73.4 Å². The minimum atomic E-state index is -1.42. The third-order valence-electron chi connectivity index (χ3n) is 6.73. The highest BCUT2D eigenvalue weighted by atomic mass is 35.5. The van der Waals surface area contributed by atoms with Crippen molar-refractivity contribution in [3.8, 4) is 0 Å². The number of carboxylic acids is 1. The Morgan fingerprint density at radius 3 is 2.48 bits per heavy atom. The third-order valence-corrected chi connectivity index (χ3v) is 7.31. The number of nitrogens with one attached hydrogen (secondary N) is 1. The lowest BCUT2D eigenvalue weighted by atomic mass is 9.55. The molecule has 0 bridgehead atoms. The Kier molecular flexibility index (Phi) is 5.12. The van der Waals surface area contributed by atoms with Crippen molar-refractivity contribution in [3.05, 3.63) is 69.2 Å². The Labute approximate surface area is 180 Å². The van der Waals surface area contributed by atoms with Crippen molar-refractivity contribution in [1.82, 2.24) is 5.32 Å². The number of halogens is 2. The Morgan fingerprint density at radius 1 is 1.17 bits per heavy atom. The average molecular weight is 432 g/mol. The van der Waals surface area contributed by atoms with E-state index in [-0.39, 0.29) is 29.7 Å². The highest BCUT2D eigenvalue weighted by Gasteiger charge is 2.64. The van der Waals surface area contributed by atoms with Gasteiger partial charge in [0.1, 0.15) is 0 Å². The molecule has 1 saturated carbocycles. The lowest BCUT2D eigenvalue weighted by Crippen LogP contribution is -2.49. The molecular weight excluding hydrogens is 409 g/mol. The van der Waals surface area contributed by atoms with Crippen LogP contribution in [-0.2, 0) is 9.59 Å². The lowest BCUT2D eigenvalue weighted by Gasteiger charge is -2.45. The molecule has 0 radical (unpaired) electrons. The number of rotatable bonds is 3. The maximum Gasteiger partial charge on any atom is 0.319 e. The zero-order chi connectivity index (χ0) is 20.9. The number of carboxylic acid groups (broad SMARTS) is 1. The molecule has 2 aromatic carbocycles. The second-order valence-corrected chi connectivity index (χ2v) is 9.16. The minimum absolute atomic E-state index is 0.0110. The first-order valence-corrected chi connectivity index (χ1v) is 10.6. The van der Waals surface area contributed by atoms with Crippen LogP contribution in [0.15, 0.2) is 42.5 Å². The second-order valence-electron chi connectivity index (χ2n) is 8.31. The number of fused-ring (bicyclic) bond motifs is 1. The van der Waals surface area contributed by atoms with Crippen molar-refractivity contribution < 1.29 is 14.7 Å². The Morgan fingerprint density at radius 2 is 1.86 bits per heavy atom. The van der Waals surface area contributed by atoms with Gasteiger partial charge in [-0.15, -0.1) is 0 Å². The fraction of sp³-hybridized carbons (Fsp3) is 0.391. The molecular formula is C23H23Cl2NO3. The van der Waals surface area contributed by atoms with E-state index in [0.717, 1.165) is 16.7 Å². The van der Waals surface area contributed by atoms with Crippen LogP contribution in [0.2, 0.25) is 10.0 Å². The summed E-state index contributed by atoms with van der Waals surface area (Å²) in [6.07, 6.45) is 0.862. The number of aliphatic carboxylic acids is 1. The molecule has 0 aromatic heterocycles. The first-order valence-electron chi connectivity index (χ1n) is 9.81. The summed E-state index contributed by atoms with van der Waals surface area (Å²) in [5, 5.41) is 14.3. The summed E-state index contributed by atoms with van der Waals surface area (Å²) in [6, 6.07) is 13.3. The molecule has 2 fully saturated rings. The molecule has 2 aliphatic rings. The zero-order valence-electron chi connectivity index (χ0n) is 16.3. The number of amides is 1. The van der Waals surface area contributed by atoms with Gasteiger partial charge in [0.2, 0.25) is 5.91 Å². The van der Waals surface area contributed by atoms with E-state index in [1.54, 1.807) is 0 Å². The monoisotopic (exact) mass is 431 g/mol. The van der Waals surface area contributed by atoms with Gasteiger partial charge in [-0.2, -0.15) is 0 Å². The summed E-state index contributed by atoms with van der Waals surface area (Å²) in [5.41, 5.74) is 1.64. The number of carbonyl (C=O) groups is 2. The summed E-state index contributed by atoms with van der Waals surface area (Å²) in [7, 11) is 0. The minimum Gasteiger partial charge on any atom is -0.480 e. The maximum absolute atomic E-state index is 12.8. The van der Waals surface area contributed by atoms with Gasteiger partial charge >= 0.3 is 5.97 Å². The fourth-order valence-electron chi connectivity index (χ4n) is 5.47. The molecule has 1 amide bonds. The molecule has 1 aliphatic carbocycles. The van der Waals surface area contributed by atoms with Crippen molar-refractivity contribution in [2.45, 2.75) is 44.6 Å². The maximum atomic E-state index is 12.8. The van der Waals surface area contributed by atoms with Crippen LogP contribution in [0.4, 0.5) is 0 Å². The predicted molar refractivity (Wildman–Crippen MR) is 114 cm³/mol. The average Bonchev–Trinajstić information content (AvgIpc) is 2.93. The normalized spacial score (nSPS) is 31.2. The van der Waals surface area contributed by atoms with Crippen molar-refractivity contribution in [2.75, 3.05) is 0 Å². The molecule has 1 saturated heterocycles. The van der Waals surface area contributed by atoms with E-state index >= 15 is 0 Å². The van der Waals surface area contributed by atoms with Crippen LogP contribution < -0.4 is 5.32 Å². The third kappa shape index (κ3) is 3.13. The van der Waals surface area contributed by atoms with Gasteiger partial charge in [0.15, 0.2) is 5.41 Å². The molecule has 6 heteroatoms. The molecule has 2 aromatic rings. The van der Waals surface area contributed by atoms with E-state index in [4.69, 9.17) is 23.2 Å². The molecule has 152 valence electrons. The first-order chi connectivity index (χ1) is 13.8. The van der Waals surface area contributed by atoms with E-state index in [1.165, 1.54) is 0 Å². The quantitative estimate of drug-likeness (QED) is 0.658. The van der Waals surface area contributed by atoms with E-state index in [0.29, 0.717) is 22.9 Å². The van der Waals surface area contributed by atoms with Gasteiger partial charge in [0, 0.05) is 22.0 Å². The van der Waals surface area contributed by atoms with Gasteiger partial charge in [-0.3, -0.25) is 9.59 Å². The standard InChI is InChI=1S/C23H23Cl2NO3/c1-12-3-8-16(18(25)11-12)17-9-10-23(22(28)29)20(13(2)26-21(23)27)19(17)14-4-6-15(24)7-5-14/h3-8,11,13,17,19-20H,9-10H2,1-2H3,(H,26,27)(H,28,29)/t13-,17+,19+,20+,23+/m1/s1. The van der Waals surface area contributed by atoms with E-state index in [2.05, 4.69) is 5.32 Å². The number of hydrogen-bond acceptors (Lipinski definition) is 2. The molecule has 1 heterocycles. The summed E-state index contributed by atoms with van der Waals surface area (Å²) in [6.45, 7) is 3.89. The Bertz CT molecular complexity index is 975. The molecule has 4 rings (SSSR count).